The molecule has 2 aromatic heterocycles. The fraction of sp³-hybridized carbons (Fsp3) is 0.500. The van der Waals surface area contributed by atoms with Crippen LogP contribution in [-0.4, -0.2) is 59.6 Å². The number of rotatable bonds is 10. The van der Waals surface area contributed by atoms with Gasteiger partial charge in [-0.05, 0) is 26.1 Å². The fourth-order valence-electron chi connectivity index (χ4n) is 2.97. The highest BCUT2D eigenvalue weighted by Crippen LogP contribution is 2.32. The summed E-state index contributed by atoms with van der Waals surface area (Å²) in [7, 11) is 3.98. The Labute approximate surface area is 171 Å². The van der Waals surface area contributed by atoms with E-state index in [1.807, 2.05) is 31.1 Å². The summed E-state index contributed by atoms with van der Waals surface area (Å²) in [6.45, 7) is 4.65. The number of nitrogens with two attached hydrogens (primary N) is 1. The molecule has 0 unspecified atom stereocenters. The van der Waals surface area contributed by atoms with Gasteiger partial charge < -0.3 is 20.7 Å². The Morgan fingerprint density at radius 2 is 2.14 bits per heavy atom. The number of nitrogen functional groups attached to an aromatic ring is 1. The van der Waals surface area contributed by atoms with E-state index >= 15 is 0 Å². The van der Waals surface area contributed by atoms with Crippen molar-refractivity contribution >= 4 is 23.5 Å². The number of likely N-dealkylation sites (N-methyl/N-ethyl adjacent to an activating group) is 1. The summed E-state index contributed by atoms with van der Waals surface area (Å²) < 4.78 is 5.62. The largest absolute Gasteiger partial charge is 0.476 e. The van der Waals surface area contributed by atoms with E-state index in [0.717, 1.165) is 31.5 Å². The Hall–Kier alpha value is -2.94. The molecule has 3 rings (SSSR count). The van der Waals surface area contributed by atoms with Crippen molar-refractivity contribution in [2.24, 2.45) is 0 Å². The van der Waals surface area contributed by atoms with E-state index in [0.29, 0.717) is 42.2 Å². The van der Waals surface area contributed by atoms with Gasteiger partial charge in [-0.25, -0.2) is 4.98 Å². The van der Waals surface area contributed by atoms with Gasteiger partial charge in [0.15, 0.2) is 0 Å². The maximum Gasteiger partial charge on any atom is 0.233 e. The van der Waals surface area contributed by atoms with Crippen LogP contribution in [0, 0.1) is 0 Å². The van der Waals surface area contributed by atoms with Crippen LogP contribution in [0.5, 0.6) is 5.88 Å². The maximum atomic E-state index is 12.6. The molecule has 1 amide bonds. The first-order valence-electron chi connectivity index (χ1n) is 9.91. The predicted molar refractivity (Wildman–Crippen MR) is 113 cm³/mol. The van der Waals surface area contributed by atoms with Crippen LogP contribution in [0.4, 0.5) is 17.6 Å². The van der Waals surface area contributed by atoms with E-state index in [-0.39, 0.29) is 12.3 Å². The van der Waals surface area contributed by atoms with E-state index in [9.17, 15) is 4.79 Å². The zero-order chi connectivity index (χ0) is 20.8. The minimum Gasteiger partial charge on any atom is -0.476 e. The third kappa shape index (κ3) is 5.32. The molecular weight excluding hydrogens is 370 g/mol. The van der Waals surface area contributed by atoms with Crippen LogP contribution in [0.3, 0.4) is 0 Å². The van der Waals surface area contributed by atoms with Crippen LogP contribution >= 0.6 is 0 Å². The van der Waals surface area contributed by atoms with Crippen molar-refractivity contribution in [1.29, 1.82) is 0 Å². The number of hydrogen-bond donors (Lipinski definition) is 2. The maximum absolute atomic E-state index is 12.6. The van der Waals surface area contributed by atoms with Gasteiger partial charge in [0.1, 0.15) is 18.2 Å². The molecule has 0 saturated carbocycles. The first-order chi connectivity index (χ1) is 14.0. The molecule has 29 heavy (non-hydrogen) atoms. The van der Waals surface area contributed by atoms with Crippen LogP contribution in [0.1, 0.15) is 30.9 Å². The van der Waals surface area contributed by atoms with Gasteiger partial charge in [0.05, 0.1) is 13.0 Å². The number of carbonyl (C=O) groups excluding carboxylic acids is 1. The van der Waals surface area contributed by atoms with Crippen LogP contribution in [0.15, 0.2) is 18.3 Å². The normalized spacial score (nSPS) is 13.1. The lowest BCUT2D eigenvalue weighted by Gasteiger charge is -2.17. The number of amides is 1. The second-order valence-corrected chi connectivity index (χ2v) is 7.33. The standard InChI is InChI=1S/C20H29N7O2/c1-4-5-8-22-20-24-18(21)15-11-17(28)27(19(15)25-20)13-14-6-7-16(23-12-14)29-10-9-26(2)3/h6-7,12H,4-5,8-11,13H2,1-3H3,(H3,21,22,24,25). The lowest BCUT2D eigenvalue weighted by Crippen LogP contribution is -2.27. The van der Waals surface area contributed by atoms with Gasteiger partial charge in [-0.15, -0.1) is 0 Å². The lowest BCUT2D eigenvalue weighted by molar-refractivity contribution is -0.117. The van der Waals surface area contributed by atoms with Crippen molar-refractivity contribution < 1.29 is 9.53 Å². The molecule has 3 N–H and O–H groups in total. The van der Waals surface area contributed by atoms with Gasteiger partial charge in [0.25, 0.3) is 0 Å². The van der Waals surface area contributed by atoms with Crippen molar-refractivity contribution in [3.63, 3.8) is 0 Å². The highest BCUT2D eigenvalue weighted by atomic mass is 16.5. The average Bonchev–Trinajstić information content (AvgIpc) is 2.99. The Bertz CT molecular complexity index is 839. The van der Waals surface area contributed by atoms with Crippen LogP contribution in [-0.2, 0) is 17.8 Å². The Morgan fingerprint density at radius 3 is 2.83 bits per heavy atom. The number of aromatic nitrogens is 3. The number of pyridine rings is 1. The summed E-state index contributed by atoms with van der Waals surface area (Å²) in [5, 5.41) is 3.18. The molecule has 0 saturated heterocycles. The second kappa shape index (κ2) is 9.51. The SMILES string of the molecule is CCCCNc1nc(N)c2c(n1)N(Cc1ccc(OCCN(C)C)nc1)C(=O)C2. The molecule has 9 heteroatoms. The monoisotopic (exact) mass is 399 g/mol. The van der Waals surface area contributed by atoms with E-state index < -0.39 is 0 Å². The first-order valence-corrected chi connectivity index (χ1v) is 9.91. The second-order valence-electron chi connectivity index (χ2n) is 7.33. The molecule has 0 fully saturated rings. The average molecular weight is 399 g/mol. The summed E-state index contributed by atoms with van der Waals surface area (Å²) in [6, 6.07) is 3.73. The Kier molecular flexibility index (Phi) is 6.82. The molecule has 0 radical (unpaired) electrons. The number of hydrogen-bond acceptors (Lipinski definition) is 8. The lowest BCUT2D eigenvalue weighted by atomic mass is 10.2. The Balaban J connectivity index is 1.69. The van der Waals surface area contributed by atoms with Crippen molar-refractivity contribution in [2.45, 2.75) is 32.7 Å². The molecule has 3 heterocycles. The van der Waals surface area contributed by atoms with Gasteiger partial charge in [0.2, 0.25) is 17.7 Å². The minimum atomic E-state index is -0.0435. The molecule has 0 aromatic carbocycles. The summed E-state index contributed by atoms with van der Waals surface area (Å²) in [5.74, 6) is 1.91. The topological polar surface area (TPSA) is 110 Å². The number of anilines is 3. The highest BCUT2D eigenvalue weighted by Gasteiger charge is 2.32. The van der Waals surface area contributed by atoms with Gasteiger partial charge in [0, 0.05) is 30.9 Å². The fourth-order valence-corrected chi connectivity index (χ4v) is 2.97. The summed E-state index contributed by atoms with van der Waals surface area (Å²) in [6.07, 6.45) is 4.02. The number of ether oxygens (including phenoxy) is 1. The summed E-state index contributed by atoms with van der Waals surface area (Å²) in [5.41, 5.74) is 7.66. The molecule has 0 atom stereocenters. The third-order valence-electron chi connectivity index (χ3n) is 4.64. The molecule has 156 valence electrons. The van der Waals surface area contributed by atoms with Crippen LogP contribution < -0.4 is 20.7 Å². The number of fused-ring (bicyclic) bond motifs is 1. The molecule has 2 aromatic rings. The van der Waals surface area contributed by atoms with Gasteiger partial charge >= 0.3 is 0 Å². The quantitative estimate of drug-likeness (QED) is 0.581. The predicted octanol–water partition coefficient (Wildman–Crippen LogP) is 1.70. The molecular formula is C20H29N7O2. The van der Waals surface area contributed by atoms with Crippen LogP contribution in [0.25, 0.3) is 0 Å². The van der Waals surface area contributed by atoms with E-state index in [4.69, 9.17) is 10.5 Å². The molecule has 0 bridgehead atoms. The number of carbonyl (C=O) groups is 1. The smallest absolute Gasteiger partial charge is 0.233 e. The first kappa shape index (κ1) is 20.8. The van der Waals surface area contributed by atoms with Crippen molar-refractivity contribution in [3.8, 4) is 5.88 Å². The summed E-state index contributed by atoms with van der Waals surface area (Å²) >= 11 is 0. The van der Waals surface area contributed by atoms with E-state index in [2.05, 4.69) is 27.2 Å². The molecule has 1 aliphatic heterocycles. The Morgan fingerprint density at radius 1 is 1.31 bits per heavy atom. The summed E-state index contributed by atoms with van der Waals surface area (Å²) in [4.78, 5) is 29.4. The minimum absolute atomic E-state index is 0.0435. The number of unbranched alkanes of at least 4 members (excludes halogenated alkanes) is 1. The van der Waals surface area contributed by atoms with Crippen molar-refractivity contribution in [2.75, 3.05) is 49.7 Å². The van der Waals surface area contributed by atoms with Gasteiger partial charge in [-0.3, -0.25) is 9.69 Å². The zero-order valence-corrected chi connectivity index (χ0v) is 17.3. The zero-order valence-electron chi connectivity index (χ0n) is 17.3. The van der Waals surface area contributed by atoms with Crippen molar-refractivity contribution in [3.05, 3.63) is 29.5 Å². The van der Waals surface area contributed by atoms with Gasteiger partial charge in [-0.1, -0.05) is 19.4 Å². The molecule has 1 aliphatic rings. The van der Waals surface area contributed by atoms with Crippen molar-refractivity contribution in [1.82, 2.24) is 19.9 Å². The molecule has 0 aliphatic carbocycles. The molecule has 0 spiro atoms. The third-order valence-corrected chi connectivity index (χ3v) is 4.64. The molecule has 9 nitrogen and oxygen atoms in total. The van der Waals surface area contributed by atoms with Gasteiger partial charge in [-0.2, -0.15) is 9.97 Å². The number of nitrogens with one attached hydrogen (secondary N) is 1. The van der Waals surface area contributed by atoms with E-state index in [1.165, 1.54) is 0 Å². The number of nitrogens with zero attached hydrogens (tertiary/aromatic N) is 5. The highest BCUT2D eigenvalue weighted by molar-refractivity contribution is 6.01. The van der Waals surface area contributed by atoms with E-state index in [1.54, 1.807) is 11.1 Å². The van der Waals surface area contributed by atoms with Crippen LogP contribution in [0.2, 0.25) is 0 Å².